The number of ether oxygens (including phenoxy) is 1. The molecule has 0 spiro atoms. The molecule has 168 valence electrons. The summed E-state index contributed by atoms with van der Waals surface area (Å²) in [5.74, 6) is 3.01. The molecular weight excluding hydrogens is 436 g/mol. The van der Waals surface area contributed by atoms with Crippen molar-refractivity contribution in [1.29, 1.82) is 0 Å². The van der Waals surface area contributed by atoms with E-state index in [1.165, 1.54) is 24.8 Å². The van der Waals surface area contributed by atoms with Crippen LogP contribution in [0.2, 0.25) is 5.02 Å². The van der Waals surface area contributed by atoms with Crippen molar-refractivity contribution < 1.29 is 9.66 Å². The van der Waals surface area contributed by atoms with Gasteiger partial charge in [-0.2, -0.15) is 0 Å². The van der Waals surface area contributed by atoms with Crippen molar-refractivity contribution in [2.75, 3.05) is 5.32 Å². The lowest BCUT2D eigenvalue weighted by molar-refractivity contribution is -0.384. The topological polar surface area (TPSA) is 64.4 Å². The summed E-state index contributed by atoms with van der Waals surface area (Å²) < 4.78 is 5.97. The Morgan fingerprint density at radius 2 is 1.76 bits per heavy atom. The molecule has 2 aliphatic carbocycles. The standard InChI is InChI=1S/C27H25ClN2O3/c28-20-7-1-16(2-8-20)15-33-22-10-5-17(6-11-22)27-26-19-4-3-18(13-19)25(26)23-14-21(30(31)32)9-12-24(23)29-27/h1-2,5-12,14,18-19,25-27,29H,3-4,13,15H2/t18-,19-,25-,26+,27+/m0/s1. The second-order valence-corrected chi connectivity index (χ2v) is 10.0. The first-order valence-electron chi connectivity index (χ1n) is 11.6. The van der Waals surface area contributed by atoms with Crippen molar-refractivity contribution in [2.45, 2.75) is 37.8 Å². The zero-order chi connectivity index (χ0) is 22.5. The average molecular weight is 461 g/mol. The molecule has 1 N–H and O–H groups in total. The lowest BCUT2D eigenvalue weighted by Crippen LogP contribution is -2.35. The maximum atomic E-state index is 11.4. The number of nitro benzene ring substituents is 1. The number of nitrogens with zero attached hydrogens (tertiary/aromatic N) is 1. The Balaban J connectivity index is 1.25. The second-order valence-electron chi connectivity index (χ2n) is 9.57. The van der Waals surface area contributed by atoms with Gasteiger partial charge in [0.15, 0.2) is 0 Å². The predicted molar refractivity (Wildman–Crippen MR) is 129 cm³/mol. The minimum atomic E-state index is -0.280. The third-order valence-electron chi connectivity index (χ3n) is 7.84. The van der Waals surface area contributed by atoms with Gasteiger partial charge in [0.1, 0.15) is 12.4 Å². The molecule has 3 aromatic rings. The molecule has 2 saturated carbocycles. The van der Waals surface area contributed by atoms with E-state index in [2.05, 4.69) is 17.4 Å². The Morgan fingerprint density at radius 1 is 1.00 bits per heavy atom. The molecular formula is C27H25ClN2O3. The van der Waals surface area contributed by atoms with Crippen LogP contribution in [0.1, 0.15) is 47.9 Å². The van der Waals surface area contributed by atoms with Gasteiger partial charge in [-0.25, -0.2) is 0 Å². The van der Waals surface area contributed by atoms with Gasteiger partial charge in [-0.1, -0.05) is 35.9 Å². The smallest absolute Gasteiger partial charge is 0.269 e. The zero-order valence-electron chi connectivity index (χ0n) is 18.1. The van der Waals surface area contributed by atoms with E-state index in [0.717, 1.165) is 27.6 Å². The summed E-state index contributed by atoms with van der Waals surface area (Å²) in [6.45, 7) is 0.499. The van der Waals surface area contributed by atoms with Crippen molar-refractivity contribution in [3.05, 3.63) is 98.6 Å². The van der Waals surface area contributed by atoms with E-state index >= 15 is 0 Å². The molecule has 2 fully saturated rings. The molecule has 1 heterocycles. The van der Waals surface area contributed by atoms with Crippen LogP contribution in [0.3, 0.4) is 0 Å². The van der Waals surface area contributed by atoms with Gasteiger partial charge in [-0.15, -0.1) is 0 Å². The first-order chi connectivity index (χ1) is 16.1. The Hall–Kier alpha value is -3.05. The summed E-state index contributed by atoms with van der Waals surface area (Å²) in [5, 5.41) is 15.8. The molecule has 0 amide bonds. The lowest BCUT2D eigenvalue weighted by atomic mass is 9.68. The van der Waals surface area contributed by atoms with Gasteiger partial charge in [0, 0.05) is 22.8 Å². The van der Waals surface area contributed by atoms with Gasteiger partial charge in [-0.05, 0) is 90.0 Å². The number of nitrogens with one attached hydrogen (secondary N) is 1. The highest BCUT2D eigenvalue weighted by Gasteiger charge is 2.54. The molecule has 3 aromatic carbocycles. The molecule has 0 unspecified atom stereocenters. The van der Waals surface area contributed by atoms with Crippen LogP contribution in [0.25, 0.3) is 0 Å². The molecule has 3 aliphatic rings. The fourth-order valence-electron chi connectivity index (χ4n) is 6.44. The van der Waals surface area contributed by atoms with E-state index in [4.69, 9.17) is 16.3 Å². The number of hydrogen-bond donors (Lipinski definition) is 1. The quantitative estimate of drug-likeness (QED) is 0.325. The van der Waals surface area contributed by atoms with E-state index in [0.29, 0.717) is 30.3 Å². The highest BCUT2D eigenvalue weighted by Crippen LogP contribution is 2.63. The molecule has 6 heteroatoms. The number of halogens is 1. The summed E-state index contributed by atoms with van der Waals surface area (Å²) in [5.41, 5.74) is 4.70. The summed E-state index contributed by atoms with van der Waals surface area (Å²) in [4.78, 5) is 11.1. The number of hydrogen-bond acceptors (Lipinski definition) is 4. The summed E-state index contributed by atoms with van der Waals surface area (Å²) in [6, 6.07) is 21.6. The van der Waals surface area contributed by atoms with Crippen molar-refractivity contribution in [3.8, 4) is 5.75 Å². The maximum Gasteiger partial charge on any atom is 0.269 e. The van der Waals surface area contributed by atoms with Crippen LogP contribution in [0.15, 0.2) is 66.7 Å². The molecule has 6 rings (SSSR count). The first kappa shape index (κ1) is 20.5. The highest BCUT2D eigenvalue weighted by molar-refractivity contribution is 6.30. The Bertz CT molecular complexity index is 1190. The second kappa shape index (κ2) is 8.07. The van der Waals surface area contributed by atoms with Crippen LogP contribution in [0, 0.1) is 27.9 Å². The van der Waals surface area contributed by atoms with Crippen molar-refractivity contribution >= 4 is 23.0 Å². The summed E-state index contributed by atoms with van der Waals surface area (Å²) in [6.07, 6.45) is 3.73. The van der Waals surface area contributed by atoms with Crippen molar-refractivity contribution in [3.63, 3.8) is 0 Å². The molecule has 2 bridgehead atoms. The van der Waals surface area contributed by atoms with Crippen LogP contribution in [0.5, 0.6) is 5.75 Å². The number of fused-ring (bicyclic) bond motifs is 7. The minimum absolute atomic E-state index is 0.192. The van der Waals surface area contributed by atoms with Crippen LogP contribution >= 0.6 is 11.6 Å². The van der Waals surface area contributed by atoms with Crippen LogP contribution in [-0.2, 0) is 6.61 Å². The lowest BCUT2D eigenvalue weighted by Gasteiger charge is -2.43. The van der Waals surface area contributed by atoms with Gasteiger partial charge in [0.05, 0.1) is 11.0 Å². The number of rotatable bonds is 5. The molecule has 0 aromatic heterocycles. The highest BCUT2D eigenvalue weighted by atomic mass is 35.5. The Morgan fingerprint density at radius 3 is 2.52 bits per heavy atom. The van der Waals surface area contributed by atoms with Gasteiger partial charge in [0.25, 0.3) is 5.69 Å². The molecule has 1 aliphatic heterocycles. The largest absolute Gasteiger partial charge is 0.489 e. The molecule has 0 radical (unpaired) electrons. The fourth-order valence-corrected chi connectivity index (χ4v) is 6.56. The van der Waals surface area contributed by atoms with Crippen LogP contribution in [0.4, 0.5) is 11.4 Å². The monoisotopic (exact) mass is 460 g/mol. The molecule has 33 heavy (non-hydrogen) atoms. The van der Waals surface area contributed by atoms with Gasteiger partial charge in [-0.3, -0.25) is 10.1 Å². The van der Waals surface area contributed by atoms with E-state index in [9.17, 15) is 10.1 Å². The normalized spacial score (nSPS) is 26.9. The van der Waals surface area contributed by atoms with Crippen LogP contribution < -0.4 is 10.1 Å². The molecule has 5 atom stereocenters. The Kier molecular flexibility index (Phi) is 5.02. The summed E-state index contributed by atoms with van der Waals surface area (Å²) in [7, 11) is 0. The van der Waals surface area contributed by atoms with Gasteiger partial charge in [0.2, 0.25) is 0 Å². The van der Waals surface area contributed by atoms with Crippen molar-refractivity contribution in [1.82, 2.24) is 0 Å². The third-order valence-corrected chi connectivity index (χ3v) is 8.09. The van der Waals surface area contributed by atoms with E-state index in [-0.39, 0.29) is 16.7 Å². The maximum absolute atomic E-state index is 11.4. The number of nitro groups is 1. The summed E-state index contributed by atoms with van der Waals surface area (Å²) >= 11 is 5.96. The number of benzene rings is 3. The average Bonchev–Trinajstić information content (AvgIpc) is 3.46. The third kappa shape index (κ3) is 3.65. The van der Waals surface area contributed by atoms with Gasteiger partial charge >= 0.3 is 0 Å². The minimum Gasteiger partial charge on any atom is -0.489 e. The van der Waals surface area contributed by atoms with Gasteiger partial charge < -0.3 is 10.1 Å². The van der Waals surface area contributed by atoms with E-state index in [1.54, 1.807) is 6.07 Å². The molecule has 5 nitrogen and oxygen atoms in total. The van der Waals surface area contributed by atoms with Crippen molar-refractivity contribution in [2.24, 2.45) is 17.8 Å². The number of non-ortho nitro benzene ring substituents is 1. The van der Waals surface area contributed by atoms with E-state index in [1.807, 2.05) is 48.5 Å². The fraction of sp³-hybridized carbons (Fsp3) is 0.333. The zero-order valence-corrected chi connectivity index (χ0v) is 18.9. The number of anilines is 1. The SMILES string of the molecule is O=[N+]([O-])c1ccc2c(c1)[C@@H]1[C@H]3CC[C@@H](C3)[C@H]1[C@@H](c1ccc(OCc3ccc(Cl)cc3)cc1)N2. The van der Waals surface area contributed by atoms with E-state index < -0.39 is 0 Å². The molecule has 0 saturated heterocycles. The Labute approximate surface area is 197 Å². The predicted octanol–water partition coefficient (Wildman–Crippen LogP) is 7.12. The van der Waals surface area contributed by atoms with Crippen LogP contribution in [-0.4, -0.2) is 4.92 Å². The first-order valence-corrected chi connectivity index (χ1v) is 12.0.